The van der Waals surface area contributed by atoms with Crippen LogP contribution in [-0.2, 0) is 6.42 Å². The van der Waals surface area contributed by atoms with Gasteiger partial charge in [-0.2, -0.15) is 5.10 Å². The number of allylic oxidation sites excluding steroid dienone is 2. The summed E-state index contributed by atoms with van der Waals surface area (Å²) in [5.41, 5.74) is 14.4. The van der Waals surface area contributed by atoms with Crippen molar-refractivity contribution in [3.63, 3.8) is 0 Å². The van der Waals surface area contributed by atoms with Crippen molar-refractivity contribution in [2.75, 3.05) is 5.43 Å². The van der Waals surface area contributed by atoms with E-state index in [2.05, 4.69) is 110 Å². The number of aryl methyl sites for hydroxylation is 1. The third kappa shape index (κ3) is 3.47. The lowest BCUT2D eigenvalue weighted by atomic mass is 9.80. The van der Waals surface area contributed by atoms with Gasteiger partial charge in [0.15, 0.2) is 0 Å². The van der Waals surface area contributed by atoms with E-state index in [1.807, 2.05) is 0 Å². The normalized spacial score (nSPS) is 18.4. The molecule has 0 aliphatic heterocycles. The molecule has 0 saturated heterocycles. The van der Waals surface area contributed by atoms with Gasteiger partial charge in [0.1, 0.15) is 0 Å². The maximum Gasteiger partial charge on any atom is 0.0682 e. The molecule has 0 radical (unpaired) electrons. The highest BCUT2D eigenvalue weighted by molar-refractivity contribution is 6.24. The van der Waals surface area contributed by atoms with E-state index in [4.69, 9.17) is 5.10 Å². The molecule has 0 aromatic heterocycles. The van der Waals surface area contributed by atoms with Crippen LogP contribution in [0, 0.1) is 0 Å². The predicted molar refractivity (Wildman–Crippen MR) is 145 cm³/mol. The molecule has 1 unspecified atom stereocenters. The summed E-state index contributed by atoms with van der Waals surface area (Å²) in [5, 5.41) is 7.25. The van der Waals surface area contributed by atoms with Crippen molar-refractivity contribution in [1.82, 2.24) is 0 Å². The molecule has 0 bridgehead atoms. The van der Waals surface area contributed by atoms with Crippen LogP contribution in [0.2, 0.25) is 0 Å². The van der Waals surface area contributed by atoms with E-state index in [0.717, 1.165) is 36.2 Å². The topological polar surface area (TPSA) is 24.4 Å². The molecule has 0 amide bonds. The standard InChI is InChI=1S/C32H28N2/c1-21-17-19-29(26-12-6-5-10-24(21)26)27-13-7-15-30-28(27)14-8-16-32(30)34-33-31-20-18-23-9-3-4-11-25(23)22(31)2/h3-16,19,21,34H,2,17-18,20H2,1H3/b33-31-. The van der Waals surface area contributed by atoms with Gasteiger partial charge in [0.25, 0.3) is 0 Å². The Morgan fingerprint density at radius 3 is 2.41 bits per heavy atom. The fourth-order valence-electron chi connectivity index (χ4n) is 5.44. The quantitative estimate of drug-likeness (QED) is 0.319. The van der Waals surface area contributed by atoms with Crippen molar-refractivity contribution < 1.29 is 0 Å². The monoisotopic (exact) mass is 440 g/mol. The van der Waals surface area contributed by atoms with Gasteiger partial charge < -0.3 is 0 Å². The molecule has 166 valence electrons. The molecular formula is C32H28N2. The molecule has 6 rings (SSSR count). The van der Waals surface area contributed by atoms with Crippen LogP contribution >= 0.6 is 0 Å². The molecule has 2 nitrogen and oxygen atoms in total. The van der Waals surface area contributed by atoms with E-state index >= 15 is 0 Å². The van der Waals surface area contributed by atoms with E-state index in [-0.39, 0.29) is 0 Å². The summed E-state index contributed by atoms with van der Waals surface area (Å²) in [6.45, 7) is 6.65. The zero-order valence-corrected chi connectivity index (χ0v) is 19.5. The second kappa shape index (κ2) is 8.46. The largest absolute Gasteiger partial charge is 0.278 e. The zero-order valence-electron chi connectivity index (χ0n) is 19.5. The molecule has 0 spiro atoms. The Balaban J connectivity index is 1.38. The smallest absolute Gasteiger partial charge is 0.0682 e. The minimum Gasteiger partial charge on any atom is -0.278 e. The minimum absolute atomic E-state index is 0.553. The van der Waals surface area contributed by atoms with Crippen LogP contribution in [0.3, 0.4) is 0 Å². The van der Waals surface area contributed by atoms with Gasteiger partial charge in [0.2, 0.25) is 0 Å². The molecule has 1 N–H and O–H groups in total. The lowest BCUT2D eigenvalue weighted by Gasteiger charge is -2.24. The minimum atomic E-state index is 0.553. The predicted octanol–water partition coefficient (Wildman–Crippen LogP) is 8.21. The van der Waals surface area contributed by atoms with Gasteiger partial charge >= 0.3 is 0 Å². The summed E-state index contributed by atoms with van der Waals surface area (Å²) in [6, 6.07) is 30.4. The highest BCUT2D eigenvalue weighted by Crippen LogP contribution is 2.40. The summed E-state index contributed by atoms with van der Waals surface area (Å²) >= 11 is 0. The summed E-state index contributed by atoms with van der Waals surface area (Å²) in [4.78, 5) is 0. The molecule has 34 heavy (non-hydrogen) atoms. The Morgan fingerprint density at radius 1 is 0.765 bits per heavy atom. The molecule has 2 heteroatoms. The first-order valence-electron chi connectivity index (χ1n) is 12.1. The van der Waals surface area contributed by atoms with Crippen LogP contribution in [0.25, 0.3) is 21.9 Å². The van der Waals surface area contributed by atoms with Crippen LogP contribution in [-0.4, -0.2) is 5.71 Å². The van der Waals surface area contributed by atoms with Crippen molar-refractivity contribution in [2.45, 2.75) is 32.1 Å². The number of hydrazone groups is 1. The molecule has 0 saturated carbocycles. The van der Waals surface area contributed by atoms with Crippen molar-refractivity contribution in [1.29, 1.82) is 0 Å². The van der Waals surface area contributed by atoms with Gasteiger partial charge in [-0.25, -0.2) is 0 Å². The molecule has 4 aromatic rings. The van der Waals surface area contributed by atoms with Gasteiger partial charge in [-0.15, -0.1) is 0 Å². The number of anilines is 1. The molecule has 2 aliphatic rings. The van der Waals surface area contributed by atoms with E-state index in [0.29, 0.717) is 5.92 Å². The summed E-state index contributed by atoms with van der Waals surface area (Å²) in [7, 11) is 0. The second-order valence-corrected chi connectivity index (χ2v) is 9.35. The number of fused-ring (bicyclic) bond motifs is 3. The maximum atomic E-state index is 4.82. The average molecular weight is 441 g/mol. The first-order valence-corrected chi connectivity index (χ1v) is 12.1. The van der Waals surface area contributed by atoms with Crippen LogP contribution in [0.5, 0.6) is 0 Å². The number of benzene rings is 4. The molecule has 2 aliphatic carbocycles. The van der Waals surface area contributed by atoms with Crippen molar-refractivity contribution in [3.8, 4) is 0 Å². The van der Waals surface area contributed by atoms with Crippen LogP contribution < -0.4 is 5.43 Å². The summed E-state index contributed by atoms with van der Waals surface area (Å²) in [5.74, 6) is 0.553. The second-order valence-electron chi connectivity index (χ2n) is 9.35. The maximum absolute atomic E-state index is 4.82. The van der Waals surface area contributed by atoms with Crippen LogP contribution in [0.15, 0.2) is 103 Å². The van der Waals surface area contributed by atoms with Crippen LogP contribution in [0.1, 0.15) is 53.5 Å². The first-order chi connectivity index (χ1) is 16.7. The lowest BCUT2D eigenvalue weighted by molar-refractivity contribution is 0.768. The zero-order chi connectivity index (χ0) is 23.1. The Kier molecular flexibility index (Phi) is 5.15. The van der Waals surface area contributed by atoms with E-state index in [9.17, 15) is 0 Å². The van der Waals surface area contributed by atoms with Gasteiger partial charge in [-0.1, -0.05) is 98.4 Å². The summed E-state index contributed by atoms with van der Waals surface area (Å²) in [6.07, 6.45) is 5.38. The molecule has 4 aromatic carbocycles. The fraction of sp³-hybridized carbons (Fsp3) is 0.156. The lowest BCUT2D eigenvalue weighted by Crippen LogP contribution is -2.13. The van der Waals surface area contributed by atoms with Crippen molar-refractivity contribution in [3.05, 3.63) is 125 Å². The number of hydrogen-bond donors (Lipinski definition) is 1. The van der Waals surface area contributed by atoms with Gasteiger partial charge in [0.05, 0.1) is 11.4 Å². The van der Waals surface area contributed by atoms with Gasteiger partial charge in [0, 0.05) is 5.39 Å². The number of nitrogens with zero attached hydrogens (tertiary/aromatic N) is 1. The molecule has 0 fully saturated rings. The average Bonchev–Trinajstić information content (AvgIpc) is 2.89. The number of hydrogen-bond acceptors (Lipinski definition) is 2. The Labute approximate surface area is 201 Å². The molecular weight excluding hydrogens is 412 g/mol. The molecule has 0 heterocycles. The molecule has 1 atom stereocenters. The first kappa shape index (κ1) is 20.7. The van der Waals surface area contributed by atoms with E-state index in [1.165, 1.54) is 44.2 Å². The van der Waals surface area contributed by atoms with Crippen molar-refractivity contribution >= 4 is 33.3 Å². The Morgan fingerprint density at radius 2 is 1.50 bits per heavy atom. The number of rotatable bonds is 3. The summed E-state index contributed by atoms with van der Waals surface area (Å²) < 4.78 is 0. The van der Waals surface area contributed by atoms with E-state index < -0.39 is 0 Å². The van der Waals surface area contributed by atoms with E-state index in [1.54, 1.807) is 0 Å². The van der Waals surface area contributed by atoms with Gasteiger partial charge in [-0.3, -0.25) is 5.43 Å². The Bertz CT molecular complexity index is 1490. The number of nitrogens with one attached hydrogen (secondary N) is 1. The highest BCUT2D eigenvalue weighted by Gasteiger charge is 2.21. The third-order valence-electron chi connectivity index (χ3n) is 7.30. The SMILES string of the molecule is C=C1/C(=N\Nc2cccc3c(C4=CCC(C)c5ccccc54)cccc23)CCc2ccccc21. The fourth-order valence-corrected chi connectivity index (χ4v) is 5.44. The third-order valence-corrected chi connectivity index (χ3v) is 7.30. The van der Waals surface area contributed by atoms with Crippen molar-refractivity contribution in [2.24, 2.45) is 5.10 Å². The highest BCUT2D eigenvalue weighted by atomic mass is 15.3. The Hall–Kier alpha value is -3.91. The van der Waals surface area contributed by atoms with Crippen LogP contribution in [0.4, 0.5) is 5.69 Å². The van der Waals surface area contributed by atoms with Gasteiger partial charge in [-0.05, 0) is 75.6 Å².